The Morgan fingerprint density at radius 1 is 1.06 bits per heavy atom. The minimum absolute atomic E-state index is 0.113. The van der Waals surface area contributed by atoms with Crippen LogP contribution >= 0.6 is 0 Å². The van der Waals surface area contributed by atoms with Gasteiger partial charge in [0, 0.05) is 31.2 Å². The van der Waals surface area contributed by atoms with E-state index in [-0.39, 0.29) is 6.10 Å². The Balaban J connectivity index is 1.80. The fourth-order valence-electron chi connectivity index (χ4n) is 3.97. The van der Waals surface area contributed by atoms with Gasteiger partial charge in [-0.2, -0.15) is 0 Å². The van der Waals surface area contributed by atoms with E-state index in [0.717, 1.165) is 12.8 Å². The van der Waals surface area contributed by atoms with Crippen LogP contribution in [0.5, 0.6) is 0 Å². The quantitative estimate of drug-likeness (QED) is 0.782. The van der Waals surface area contributed by atoms with Crippen molar-refractivity contribution in [3.05, 3.63) is 35.9 Å². The summed E-state index contributed by atoms with van der Waals surface area (Å²) in [6.45, 7) is 0. The van der Waals surface area contributed by atoms with E-state index < -0.39 is 0 Å². The standard InChI is InChI=1S/C16H23NO/c18-14-11-15(13-7-3-1-4-8-13)17-16(12-14)9-5-2-6-10-16/h1,3-4,7-8,14-15,17-18H,2,5-6,9-12H2/p+1/t14-,15-/m0/s1. The molecule has 2 heteroatoms. The molecular weight excluding hydrogens is 222 g/mol. The van der Waals surface area contributed by atoms with Crippen molar-refractivity contribution in [1.82, 2.24) is 0 Å². The van der Waals surface area contributed by atoms with Crippen molar-refractivity contribution in [2.45, 2.75) is 62.6 Å². The summed E-state index contributed by atoms with van der Waals surface area (Å²) in [5, 5.41) is 12.8. The lowest BCUT2D eigenvalue weighted by atomic mass is 9.73. The van der Waals surface area contributed by atoms with Crippen LogP contribution in [-0.2, 0) is 0 Å². The molecule has 0 amide bonds. The van der Waals surface area contributed by atoms with E-state index >= 15 is 0 Å². The second-order valence-electron chi connectivity index (χ2n) is 6.20. The minimum Gasteiger partial charge on any atom is -0.393 e. The van der Waals surface area contributed by atoms with Gasteiger partial charge in [-0.25, -0.2) is 0 Å². The molecule has 1 saturated heterocycles. The van der Waals surface area contributed by atoms with Crippen molar-refractivity contribution in [1.29, 1.82) is 0 Å². The van der Waals surface area contributed by atoms with Gasteiger partial charge in [0.25, 0.3) is 0 Å². The molecule has 0 bridgehead atoms. The molecule has 1 spiro atoms. The predicted octanol–water partition coefficient (Wildman–Crippen LogP) is 2.15. The maximum absolute atomic E-state index is 10.2. The average molecular weight is 246 g/mol. The zero-order valence-corrected chi connectivity index (χ0v) is 11.0. The highest BCUT2D eigenvalue weighted by molar-refractivity contribution is 5.17. The molecule has 2 fully saturated rings. The van der Waals surface area contributed by atoms with E-state index in [1.54, 1.807) is 0 Å². The number of hydrogen-bond acceptors (Lipinski definition) is 1. The first-order valence-corrected chi connectivity index (χ1v) is 7.36. The second kappa shape index (κ2) is 5.02. The van der Waals surface area contributed by atoms with Crippen molar-refractivity contribution in [2.24, 2.45) is 0 Å². The first-order valence-electron chi connectivity index (χ1n) is 7.36. The molecule has 2 nitrogen and oxygen atoms in total. The topological polar surface area (TPSA) is 36.8 Å². The predicted molar refractivity (Wildman–Crippen MR) is 72.2 cm³/mol. The molecule has 1 saturated carbocycles. The molecule has 18 heavy (non-hydrogen) atoms. The van der Waals surface area contributed by atoms with E-state index in [4.69, 9.17) is 0 Å². The molecule has 1 aliphatic heterocycles. The van der Waals surface area contributed by atoms with Gasteiger partial charge in [-0.15, -0.1) is 0 Å². The summed E-state index contributed by atoms with van der Waals surface area (Å²) >= 11 is 0. The van der Waals surface area contributed by atoms with Crippen LogP contribution in [0.15, 0.2) is 30.3 Å². The van der Waals surface area contributed by atoms with E-state index in [1.165, 1.54) is 37.7 Å². The fraction of sp³-hybridized carbons (Fsp3) is 0.625. The Bertz CT molecular complexity index is 383. The van der Waals surface area contributed by atoms with Gasteiger partial charge in [-0.05, 0) is 12.8 Å². The normalized spacial score (nSPS) is 31.4. The van der Waals surface area contributed by atoms with Crippen molar-refractivity contribution in [3.8, 4) is 0 Å². The number of nitrogens with two attached hydrogens (primary N) is 1. The summed E-state index contributed by atoms with van der Waals surface area (Å²) in [5.41, 5.74) is 1.71. The van der Waals surface area contributed by atoms with Gasteiger partial charge in [0.15, 0.2) is 0 Å². The van der Waals surface area contributed by atoms with Crippen LogP contribution in [0.2, 0.25) is 0 Å². The van der Waals surface area contributed by atoms with Gasteiger partial charge >= 0.3 is 0 Å². The van der Waals surface area contributed by atoms with Crippen LogP contribution < -0.4 is 5.32 Å². The Morgan fingerprint density at radius 3 is 2.50 bits per heavy atom. The highest BCUT2D eigenvalue weighted by Gasteiger charge is 2.44. The van der Waals surface area contributed by atoms with Crippen LogP contribution in [-0.4, -0.2) is 16.7 Å². The average Bonchev–Trinajstić information content (AvgIpc) is 2.40. The molecular formula is C16H24NO+. The van der Waals surface area contributed by atoms with Crippen LogP contribution in [0.1, 0.15) is 56.6 Å². The number of piperidine rings is 1. The number of benzene rings is 1. The van der Waals surface area contributed by atoms with Gasteiger partial charge in [-0.3, -0.25) is 0 Å². The molecule has 3 rings (SSSR count). The van der Waals surface area contributed by atoms with Gasteiger partial charge in [0.05, 0.1) is 11.6 Å². The summed E-state index contributed by atoms with van der Waals surface area (Å²) in [6, 6.07) is 11.1. The van der Waals surface area contributed by atoms with Gasteiger partial charge in [0.2, 0.25) is 0 Å². The second-order valence-corrected chi connectivity index (χ2v) is 6.20. The molecule has 0 unspecified atom stereocenters. The minimum atomic E-state index is -0.113. The van der Waals surface area contributed by atoms with Gasteiger partial charge in [0.1, 0.15) is 6.04 Å². The first-order chi connectivity index (χ1) is 8.77. The highest BCUT2D eigenvalue weighted by Crippen LogP contribution is 2.34. The monoisotopic (exact) mass is 246 g/mol. The Morgan fingerprint density at radius 2 is 1.78 bits per heavy atom. The molecule has 1 aliphatic carbocycles. The molecule has 1 aromatic rings. The zero-order valence-electron chi connectivity index (χ0n) is 11.0. The summed E-state index contributed by atoms with van der Waals surface area (Å²) in [5.74, 6) is 0. The smallest absolute Gasteiger partial charge is 0.114 e. The molecule has 0 radical (unpaired) electrons. The van der Waals surface area contributed by atoms with Crippen LogP contribution in [0.25, 0.3) is 0 Å². The third kappa shape index (κ3) is 2.45. The molecule has 98 valence electrons. The Hall–Kier alpha value is -0.860. The zero-order chi connectivity index (χ0) is 12.4. The fourth-order valence-corrected chi connectivity index (χ4v) is 3.97. The first kappa shape index (κ1) is 12.2. The summed E-state index contributed by atoms with van der Waals surface area (Å²) in [7, 11) is 0. The van der Waals surface area contributed by atoms with Crippen molar-refractivity contribution >= 4 is 0 Å². The van der Waals surface area contributed by atoms with E-state index in [9.17, 15) is 5.11 Å². The van der Waals surface area contributed by atoms with Crippen molar-refractivity contribution in [2.75, 3.05) is 0 Å². The van der Waals surface area contributed by atoms with E-state index in [0.29, 0.717) is 11.6 Å². The summed E-state index contributed by atoms with van der Waals surface area (Å²) in [4.78, 5) is 0. The molecule has 0 aromatic heterocycles. The number of quaternary nitrogens is 1. The van der Waals surface area contributed by atoms with E-state index in [1.807, 2.05) is 0 Å². The lowest BCUT2D eigenvalue weighted by molar-refractivity contribution is -0.777. The maximum atomic E-state index is 10.2. The SMILES string of the molecule is O[C@H]1C[C@@H](c2ccccc2)[NH2+]C2(CCCCC2)C1. The van der Waals surface area contributed by atoms with Gasteiger partial charge in [-0.1, -0.05) is 36.8 Å². The largest absolute Gasteiger partial charge is 0.393 e. The maximum Gasteiger partial charge on any atom is 0.114 e. The molecule has 1 heterocycles. The lowest BCUT2D eigenvalue weighted by Crippen LogP contribution is -2.99. The highest BCUT2D eigenvalue weighted by atomic mass is 16.3. The third-order valence-corrected chi connectivity index (χ3v) is 4.80. The number of rotatable bonds is 1. The third-order valence-electron chi connectivity index (χ3n) is 4.80. The lowest BCUT2D eigenvalue weighted by Gasteiger charge is -2.43. The molecule has 2 aliphatic rings. The van der Waals surface area contributed by atoms with Crippen LogP contribution in [0, 0.1) is 0 Å². The van der Waals surface area contributed by atoms with Gasteiger partial charge < -0.3 is 10.4 Å². The number of hydrogen-bond donors (Lipinski definition) is 2. The molecule has 2 atom stereocenters. The molecule has 3 N–H and O–H groups in total. The Kier molecular flexibility index (Phi) is 3.40. The van der Waals surface area contributed by atoms with E-state index in [2.05, 4.69) is 35.6 Å². The van der Waals surface area contributed by atoms with Crippen LogP contribution in [0.3, 0.4) is 0 Å². The van der Waals surface area contributed by atoms with Crippen molar-refractivity contribution in [3.63, 3.8) is 0 Å². The van der Waals surface area contributed by atoms with Crippen molar-refractivity contribution < 1.29 is 10.4 Å². The number of aliphatic hydroxyl groups excluding tert-OH is 1. The molecule has 1 aromatic carbocycles. The summed E-state index contributed by atoms with van der Waals surface area (Å²) < 4.78 is 0. The van der Waals surface area contributed by atoms with Crippen LogP contribution in [0.4, 0.5) is 0 Å². The Labute approximate surface area is 109 Å². The summed E-state index contributed by atoms with van der Waals surface area (Å²) in [6.07, 6.45) is 8.42. The number of aliphatic hydroxyl groups is 1.